The highest BCUT2D eigenvalue weighted by molar-refractivity contribution is 4.74. The molecule has 14 heavy (non-hydrogen) atoms. The zero-order valence-electron chi connectivity index (χ0n) is 9.70. The molecule has 1 aliphatic rings. The standard InChI is InChI=1S/C11H24N2O/c1-9(2)13-6-4-11(5-7-13)14-8-10(3)12/h9-11H,4-8,12H2,1-3H3. The predicted octanol–water partition coefficient (Wildman–Crippen LogP) is 1.22. The van der Waals surface area contributed by atoms with Crippen molar-refractivity contribution in [2.75, 3.05) is 19.7 Å². The second-order valence-electron chi connectivity index (χ2n) is 4.64. The first-order valence-corrected chi connectivity index (χ1v) is 5.71. The van der Waals surface area contributed by atoms with E-state index in [2.05, 4.69) is 18.7 Å². The van der Waals surface area contributed by atoms with Crippen LogP contribution in [0.15, 0.2) is 0 Å². The van der Waals surface area contributed by atoms with Gasteiger partial charge in [0.2, 0.25) is 0 Å². The molecule has 1 aliphatic heterocycles. The second-order valence-corrected chi connectivity index (χ2v) is 4.64. The number of hydrogen-bond acceptors (Lipinski definition) is 3. The summed E-state index contributed by atoms with van der Waals surface area (Å²) in [5.41, 5.74) is 5.65. The monoisotopic (exact) mass is 200 g/mol. The number of piperidine rings is 1. The number of rotatable bonds is 4. The predicted molar refractivity (Wildman–Crippen MR) is 59.3 cm³/mol. The number of likely N-dealkylation sites (tertiary alicyclic amines) is 1. The minimum Gasteiger partial charge on any atom is -0.377 e. The van der Waals surface area contributed by atoms with Gasteiger partial charge >= 0.3 is 0 Å². The summed E-state index contributed by atoms with van der Waals surface area (Å²) in [6.07, 6.45) is 2.76. The van der Waals surface area contributed by atoms with Gasteiger partial charge in [-0.15, -0.1) is 0 Å². The molecule has 0 aromatic rings. The molecule has 1 heterocycles. The van der Waals surface area contributed by atoms with E-state index >= 15 is 0 Å². The topological polar surface area (TPSA) is 38.5 Å². The highest BCUT2D eigenvalue weighted by atomic mass is 16.5. The van der Waals surface area contributed by atoms with Crippen LogP contribution in [0.4, 0.5) is 0 Å². The minimum absolute atomic E-state index is 0.165. The van der Waals surface area contributed by atoms with Crippen LogP contribution < -0.4 is 5.73 Å². The fourth-order valence-corrected chi connectivity index (χ4v) is 1.85. The van der Waals surface area contributed by atoms with Crippen molar-refractivity contribution >= 4 is 0 Å². The van der Waals surface area contributed by atoms with E-state index in [0.717, 1.165) is 12.8 Å². The molecular weight excluding hydrogens is 176 g/mol. The molecule has 0 saturated carbocycles. The maximum atomic E-state index is 5.72. The number of nitrogens with zero attached hydrogens (tertiary/aromatic N) is 1. The Bertz CT molecular complexity index is 151. The Hall–Kier alpha value is -0.120. The molecule has 1 rings (SSSR count). The van der Waals surface area contributed by atoms with Crippen LogP contribution in [0, 0.1) is 0 Å². The molecule has 84 valence electrons. The van der Waals surface area contributed by atoms with Crippen molar-refractivity contribution in [3.63, 3.8) is 0 Å². The molecule has 1 unspecified atom stereocenters. The largest absolute Gasteiger partial charge is 0.377 e. The molecule has 3 nitrogen and oxygen atoms in total. The van der Waals surface area contributed by atoms with E-state index in [1.165, 1.54) is 13.1 Å². The fourth-order valence-electron chi connectivity index (χ4n) is 1.85. The van der Waals surface area contributed by atoms with Crippen molar-refractivity contribution in [2.24, 2.45) is 5.73 Å². The SMILES string of the molecule is CC(N)COC1CCN(C(C)C)CC1. The smallest absolute Gasteiger partial charge is 0.0618 e. The van der Waals surface area contributed by atoms with E-state index in [1.54, 1.807) is 0 Å². The quantitative estimate of drug-likeness (QED) is 0.741. The fraction of sp³-hybridized carbons (Fsp3) is 1.00. The Balaban J connectivity index is 2.16. The third-order valence-corrected chi connectivity index (χ3v) is 2.80. The summed E-state index contributed by atoms with van der Waals surface area (Å²) in [7, 11) is 0. The summed E-state index contributed by atoms with van der Waals surface area (Å²) in [6.45, 7) is 9.53. The van der Waals surface area contributed by atoms with Crippen LogP contribution in [-0.4, -0.2) is 42.8 Å². The maximum absolute atomic E-state index is 5.72. The van der Waals surface area contributed by atoms with Crippen molar-refractivity contribution in [1.82, 2.24) is 4.90 Å². The van der Waals surface area contributed by atoms with E-state index in [0.29, 0.717) is 18.8 Å². The molecule has 1 fully saturated rings. The summed E-state index contributed by atoms with van der Waals surface area (Å²) in [4.78, 5) is 2.51. The average Bonchev–Trinajstić information content (AvgIpc) is 2.15. The molecule has 3 heteroatoms. The summed E-state index contributed by atoms with van der Waals surface area (Å²) in [5, 5.41) is 0. The van der Waals surface area contributed by atoms with Crippen LogP contribution in [0.1, 0.15) is 33.6 Å². The van der Waals surface area contributed by atoms with Gasteiger partial charge in [-0.1, -0.05) is 0 Å². The van der Waals surface area contributed by atoms with Gasteiger partial charge in [-0.25, -0.2) is 0 Å². The lowest BCUT2D eigenvalue weighted by Crippen LogP contribution is -2.41. The molecule has 0 bridgehead atoms. The Morgan fingerprint density at radius 3 is 2.29 bits per heavy atom. The lowest BCUT2D eigenvalue weighted by Gasteiger charge is -2.34. The van der Waals surface area contributed by atoms with Crippen LogP contribution in [0.3, 0.4) is 0 Å². The molecule has 0 aliphatic carbocycles. The van der Waals surface area contributed by atoms with Gasteiger partial charge in [0.25, 0.3) is 0 Å². The maximum Gasteiger partial charge on any atom is 0.0618 e. The van der Waals surface area contributed by atoms with Gasteiger partial charge < -0.3 is 15.4 Å². The van der Waals surface area contributed by atoms with Gasteiger partial charge in [0.05, 0.1) is 12.7 Å². The van der Waals surface area contributed by atoms with E-state index in [9.17, 15) is 0 Å². The number of hydrogen-bond donors (Lipinski definition) is 1. The van der Waals surface area contributed by atoms with Crippen molar-refractivity contribution in [1.29, 1.82) is 0 Å². The highest BCUT2D eigenvalue weighted by Crippen LogP contribution is 2.15. The molecule has 0 aromatic heterocycles. The van der Waals surface area contributed by atoms with E-state index < -0.39 is 0 Å². The molecule has 0 aromatic carbocycles. The molecule has 2 N–H and O–H groups in total. The minimum atomic E-state index is 0.165. The van der Waals surface area contributed by atoms with Crippen molar-refractivity contribution in [3.05, 3.63) is 0 Å². The lowest BCUT2D eigenvalue weighted by molar-refractivity contribution is -0.00265. The first kappa shape index (κ1) is 12.0. The summed E-state index contributed by atoms with van der Waals surface area (Å²) < 4.78 is 5.72. The second kappa shape index (κ2) is 5.69. The zero-order chi connectivity index (χ0) is 10.6. The zero-order valence-corrected chi connectivity index (χ0v) is 9.70. The molecule has 1 saturated heterocycles. The molecule has 0 amide bonds. The van der Waals surface area contributed by atoms with Crippen molar-refractivity contribution in [3.8, 4) is 0 Å². The number of ether oxygens (including phenoxy) is 1. The highest BCUT2D eigenvalue weighted by Gasteiger charge is 2.21. The van der Waals surface area contributed by atoms with E-state index in [1.807, 2.05) is 6.92 Å². The van der Waals surface area contributed by atoms with E-state index in [-0.39, 0.29) is 6.04 Å². The Morgan fingerprint density at radius 1 is 1.29 bits per heavy atom. The third kappa shape index (κ3) is 3.95. The summed E-state index contributed by atoms with van der Waals surface area (Å²) >= 11 is 0. The lowest BCUT2D eigenvalue weighted by atomic mass is 10.1. The van der Waals surface area contributed by atoms with Crippen LogP contribution in [0.2, 0.25) is 0 Å². The Kier molecular flexibility index (Phi) is 4.85. The van der Waals surface area contributed by atoms with Gasteiger partial charge in [0.1, 0.15) is 0 Å². The molecule has 1 atom stereocenters. The Morgan fingerprint density at radius 2 is 1.86 bits per heavy atom. The first-order chi connectivity index (χ1) is 6.59. The van der Waals surface area contributed by atoms with E-state index in [4.69, 9.17) is 10.5 Å². The van der Waals surface area contributed by atoms with Crippen molar-refractivity contribution < 1.29 is 4.74 Å². The summed E-state index contributed by atoms with van der Waals surface area (Å²) in [6, 6.07) is 0.836. The van der Waals surface area contributed by atoms with Gasteiger partial charge in [-0.2, -0.15) is 0 Å². The third-order valence-electron chi connectivity index (χ3n) is 2.80. The average molecular weight is 200 g/mol. The van der Waals surface area contributed by atoms with Crippen LogP contribution in [0.5, 0.6) is 0 Å². The van der Waals surface area contributed by atoms with Gasteiger partial charge in [0, 0.05) is 25.2 Å². The van der Waals surface area contributed by atoms with Crippen LogP contribution >= 0.6 is 0 Å². The van der Waals surface area contributed by atoms with Gasteiger partial charge in [-0.3, -0.25) is 0 Å². The first-order valence-electron chi connectivity index (χ1n) is 5.71. The molecule has 0 spiro atoms. The number of nitrogens with two attached hydrogens (primary N) is 1. The summed E-state index contributed by atoms with van der Waals surface area (Å²) in [5.74, 6) is 0. The van der Waals surface area contributed by atoms with Crippen molar-refractivity contribution in [2.45, 2.75) is 51.8 Å². The van der Waals surface area contributed by atoms with Gasteiger partial charge in [-0.05, 0) is 33.6 Å². The normalized spacial score (nSPS) is 22.9. The van der Waals surface area contributed by atoms with Gasteiger partial charge in [0.15, 0.2) is 0 Å². The molecule has 0 radical (unpaired) electrons. The van der Waals surface area contributed by atoms with Crippen LogP contribution in [0.25, 0.3) is 0 Å². The molecular formula is C11H24N2O. The van der Waals surface area contributed by atoms with Crippen LogP contribution in [-0.2, 0) is 4.74 Å². The Labute approximate surface area is 87.6 Å².